The lowest BCUT2D eigenvalue weighted by molar-refractivity contribution is 0.0652. The smallest absolute Gasteiger partial charge is 0.0593 e. The minimum Gasteiger partial charge on any atom is -0.381 e. The maximum atomic E-state index is 5.64. The second-order valence-corrected chi connectivity index (χ2v) is 7.37. The van der Waals surface area contributed by atoms with Crippen molar-refractivity contribution in [2.24, 2.45) is 11.3 Å². The Morgan fingerprint density at radius 2 is 1.50 bits per heavy atom. The Labute approximate surface area is 127 Å². The second kappa shape index (κ2) is 11.5. The lowest BCUT2D eigenvalue weighted by Crippen LogP contribution is -2.25. The van der Waals surface area contributed by atoms with E-state index in [1.54, 1.807) is 0 Å². The second-order valence-electron chi connectivity index (χ2n) is 7.37. The molecular weight excluding hydrogens is 250 g/mol. The molecule has 0 unspecified atom stereocenters. The minimum absolute atomic E-state index is 0.372. The Balaban J connectivity index is 3.20. The summed E-state index contributed by atoms with van der Waals surface area (Å²) in [5, 5.41) is 0. The van der Waals surface area contributed by atoms with Crippen LogP contribution in [0, 0.1) is 11.3 Å². The van der Waals surface area contributed by atoms with E-state index in [1.807, 2.05) is 0 Å². The summed E-state index contributed by atoms with van der Waals surface area (Å²) in [6.45, 7) is 16.8. The predicted octanol–water partition coefficient (Wildman–Crippen LogP) is 3.82. The van der Waals surface area contributed by atoms with Crippen LogP contribution in [-0.2, 0) is 9.47 Å². The fourth-order valence-electron chi connectivity index (χ4n) is 1.66. The van der Waals surface area contributed by atoms with Gasteiger partial charge in [-0.05, 0) is 44.2 Å². The largest absolute Gasteiger partial charge is 0.381 e. The molecule has 0 aromatic carbocycles. The van der Waals surface area contributed by atoms with Crippen LogP contribution in [0.15, 0.2) is 0 Å². The molecule has 3 heteroatoms. The van der Waals surface area contributed by atoms with Crippen LogP contribution < -0.4 is 0 Å². The molecule has 0 spiro atoms. The standard InChI is InChI=1S/C17H37NO2/c1-16(2)8-10-18(6)11-15-20-13-7-12-19-14-9-17(3,4)5/h16H,7-15H2,1-6H3. The van der Waals surface area contributed by atoms with Crippen LogP contribution in [0.4, 0.5) is 0 Å². The van der Waals surface area contributed by atoms with Gasteiger partial charge < -0.3 is 14.4 Å². The fourth-order valence-corrected chi connectivity index (χ4v) is 1.66. The Morgan fingerprint density at radius 3 is 2.05 bits per heavy atom. The third-order valence-corrected chi connectivity index (χ3v) is 3.28. The van der Waals surface area contributed by atoms with E-state index in [0.717, 1.165) is 58.3 Å². The third-order valence-electron chi connectivity index (χ3n) is 3.28. The average molecular weight is 287 g/mol. The van der Waals surface area contributed by atoms with Crippen LogP contribution in [0.25, 0.3) is 0 Å². The minimum atomic E-state index is 0.372. The first-order chi connectivity index (χ1) is 9.31. The van der Waals surface area contributed by atoms with Gasteiger partial charge in [0.05, 0.1) is 6.61 Å². The molecule has 0 saturated heterocycles. The summed E-state index contributed by atoms with van der Waals surface area (Å²) in [6, 6.07) is 0. The predicted molar refractivity (Wildman–Crippen MR) is 87.3 cm³/mol. The lowest BCUT2D eigenvalue weighted by Gasteiger charge is -2.18. The van der Waals surface area contributed by atoms with Crippen LogP contribution in [0.5, 0.6) is 0 Å². The van der Waals surface area contributed by atoms with Crippen LogP contribution in [-0.4, -0.2) is 51.5 Å². The molecular formula is C17H37NO2. The molecule has 122 valence electrons. The molecule has 3 nitrogen and oxygen atoms in total. The summed E-state index contributed by atoms with van der Waals surface area (Å²) < 4.78 is 11.2. The summed E-state index contributed by atoms with van der Waals surface area (Å²) in [5.41, 5.74) is 0.372. The molecule has 0 saturated carbocycles. The maximum Gasteiger partial charge on any atom is 0.0593 e. The first-order valence-corrected chi connectivity index (χ1v) is 8.15. The van der Waals surface area contributed by atoms with Crippen molar-refractivity contribution in [3.8, 4) is 0 Å². The Morgan fingerprint density at radius 1 is 0.900 bits per heavy atom. The first-order valence-electron chi connectivity index (χ1n) is 8.15. The highest BCUT2D eigenvalue weighted by Gasteiger charge is 2.08. The van der Waals surface area contributed by atoms with Crippen molar-refractivity contribution in [3.05, 3.63) is 0 Å². The van der Waals surface area contributed by atoms with Crippen molar-refractivity contribution < 1.29 is 9.47 Å². The van der Waals surface area contributed by atoms with Gasteiger partial charge in [0.1, 0.15) is 0 Å². The normalized spacial score (nSPS) is 12.6. The van der Waals surface area contributed by atoms with E-state index in [0.29, 0.717) is 5.41 Å². The van der Waals surface area contributed by atoms with Gasteiger partial charge in [-0.25, -0.2) is 0 Å². The highest BCUT2D eigenvalue weighted by atomic mass is 16.5. The number of ether oxygens (including phenoxy) is 2. The van der Waals surface area contributed by atoms with E-state index in [2.05, 4.69) is 46.6 Å². The highest BCUT2D eigenvalue weighted by Crippen LogP contribution is 2.17. The monoisotopic (exact) mass is 287 g/mol. The summed E-state index contributed by atoms with van der Waals surface area (Å²) in [6.07, 6.45) is 3.38. The van der Waals surface area contributed by atoms with Crippen molar-refractivity contribution in [1.82, 2.24) is 4.90 Å². The van der Waals surface area contributed by atoms with Crippen molar-refractivity contribution >= 4 is 0 Å². The molecule has 0 aliphatic rings. The van der Waals surface area contributed by atoms with E-state index in [1.165, 1.54) is 6.42 Å². The van der Waals surface area contributed by atoms with Crippen LogP contribution in [0.1, 0.15) is 53.9 Å². The van der Waals surface area contributed by atoms with Gasteiger partial charge in [-0.3, -0.25) is 0 Å². The van der Waals surface area contributed by atoms with Crippen molar-refractivity contribution in [2.45, 2.75) is 53.9 Å². The van der Waals surface area contributed by atoms with Crippen molar-refractivity contribution in [1.29, 1.82) is 0 Å². The van der Waals surface area contributed by atoms with Gasteiger partial charge in [0, 0.05) is 26.4 Å². The van der Waals surface area contributed by atoms with E-state index >= 15 is 0 Å². The number of rotatable bonds is 12. The summed E-state index contributed by atoms with van der Waals surface area (Å²) >= 11 is 0. The Bertz CT molecular complexity index is 212. The van der Waals surface area contributed by atoms with Crippen molar-refractivity contribution in [2.75, 3.05) is 46.6 Å². The van der Waals surface area contributed by atoms with Crippen LogP contribution >= 0.6 is 0 Å². The first kappa shape index (κ1) is 19.9. The third kappa shape index (κ3) is 15.9. The Hall–Kier alpha value is -0.120. The molecule has 0 amide bonds. The lowest BCUT2D eigenvalue weighted by atomic mass is 9.93. The number of likely N-dealkylation sites (N-methyl/N-ethyl adjacent to an activating group) is 1. The van der Waals surface area contributed by atoms with Gasteiger partial charge in [-0.2, -0.15) is 0 Å². The molecule has 0 aliphatic carbocycles. The summed E-state index contributed by atoms with van der Waals surface area (Å²) in [7, 11) is 2.17. The molecule has 0 radical (unpaired) electrons. The number of hydrogen-bond donors (Lipinski definition) is 0. The zero-order chi connectivity index (χ0) is 15.4. The van der Waals surface area contributed by atoms with Gasteiger partial charge in [0.25, 0.3) is 0 Å². The van der Waals surface area contributed by atoms with Crippen LogP contribution in [0.3, 0.4) is 0 Å². The maximum absolute atomic E-state index is 5.64. The topological polar surface area (TPSA) is 21.7 Å². The highest BCUT2D eigenvalue weighted by molar-refractivity contribution is 4.59. The SMILES string of the molecule is CC(C)CCN(C)CCOCCCOCCC(C)(C)C. The fraction of sp³-hybridized carbons (Fsp3) is 1.00. The molecule has 0 aromatic heterocycles. The van der Waals surface area contributed by atoms with Gasteiger partial charge in [0.15, 0.2) is 0 Å². The molecule has 0 bridgehead atoms. The quantitative estimate of drug-likeness (QED) is 0.509. The Kier molecular flexibility index (Phi) is 11.5. The van der Waals surface area contributed by atoms with E-state index in [-0.39, 0.29) is 0 Å². The zero-order valence-corrected chi connectivity index (χ0v) is 14.7. The van der Waals surface area contributed by atoms with Gasteiger partial charge in [0.2, 0.25) is 0 Å². The molecule has 0 N–H and O–H groups in total. The molecule has 0 aliphatic heterocycles. The zero-order valence-electron chi connectivity index (χ0n) is 14.7. The van der Waals surface area contributed by atoms with Gasteiger partial charge in [-0.15, -0.1) is 0 Å². The van der Waals surface area contributed by atoms with E-state index in [9.17, 15) is 0 Å². The molecule has 0 heterocycles. The molecule has 0 fully saturated rings. The number of nitrogens with zero attached hydrogens (tertiary/aromatic N) is 1. The van der Waals surface area contributed by atoms with Crippen LogP contribution in [0.2, 0.25) is 0 Å². The van der Waals surface area contributed by atoms with E-state index in [4.69, 9.17) is 9.47 Å². The van der Waals surface area contributed by atoms with Crippen molar-refractivity contribution in [3.63, 3.8) is 0 Å². The molecule has 0 aromatic rings. The molecule has 0 atom stereocenters. The number of hydrogen-bond acceptors (Lipinski definition) is 3. The molecule has 20 heavy (non-hydrogen) atoms. The summed E-state index contributed by atoms with van der Waals surface area (Å²) in [5.74, 6) is 0.781. The summed E-state index contributed by atoms with van der Waals surface area (Å²) in [4.78, 5) is 2.35. The molecule has 0 rings (SSSR count). The average Bonchev–Trinajstić information content (AvgIpc) is 2.33. The van der Waals surface area contributed by atoms with Gasteiger partial charge in [-0.1, -0.05) is 34.6 Å². The van der Waals surface area contributed by atoms with Gasteiger partial charge >= 0.3 is 0 Å². The van der Waals surface area contributed by atoms with E-state index < -0.39 is 0 Å².